The second kappa shape index (κ2) is 5.23. The molecule has 0 heterocycles. The molecule has 0 bridgehead atoms. The van der Waals surface area contributed by atoms with E-state index in [1.807, 2.05) is 6.92 Å². The number of hydrogen-bond acceptors (Lipinski definition) is 3. The zero-order valence-electron chi connectivity index (χ0n) is 9.74. The average molecular weight is 243 g/mol. The minimum absolute atomic E-state index is 0.151. The number of nitrogens with two attached hydrogens (primary N) is 1. The quantitative estimate of drug-likeness (QED) is 0.823. The maximum Gasteiger partial charge on any atom is 0.322 e. The normalized spacial score (nSPS) is 13.2. The summed E-state index contributed by atoms with van der Waals surface area (Å²) in [5, 5.41) is 0. The Morgan fingerprint density at radius 2 is 1.94 bits per heavy atom. The summed E-state index contributed by atoms with van der Waals surface area (Å²) in [6.45, 7) is 1.81. The highest BCUT2D eigenvalue weighted by Gasteiger charge is 2.36. The summed E-state index contributed by atoms with van der Waals surface area (Å²) in [6.07, 6.45) is -0.761. The van der Waals surface area contributed by atoms with Gasteiger partial charge >= 0.3 is 5.97 Å². The van der Waals surface area contributed by atoms with Crippen LogP contribution >= 0.6 is 0 Å². The molecular weight excluding hydrogens is 228 g/mol. The van der Waals surface area contributed by atoms with Gasteiger partial charge in [-0.05, 0) is 6.92 Å². The molecule has 5 heteroatoms. The van der Waals surface area contributed by atoms with Gasteiger partial charge in [-0.3, -0.25) is 4.79 Å². The first-order valence-electron chi connectivity index (χ1n) is 5.15. The maximum atomic E-state index is 13.7. The van der Waals surface area contributed by atoms with Crippen LogP contribution in [-0.4, -0.2) is 19.1 Å². The predicted molar refractivity (Wildman–Crippen MR) is 59.7 cm³/mol. The molecule has 2 N–H and O–H groups in total. The fourth-order valence-electron chi connectivity index (χ4n) is 1.43. The molecule has 0 aliphatic carbocycles. The molecule has 0 aromatic heterocycles. The summed E-state index contributed by atoms with van der Waals surface area (Å²) in [5.41, 5.74) is 6.07. The number of ether oxygens (including phenoxy) is 1. The molecule has 1 unspecified atom stereocenters. The molecule has 1 rings (SSSR count). The van der Waals surface area contributed by atoms with Crippen LogP contribution in [0.1, 0.15) is 17.5 Å². The summed E-state index contributed by atoms with van der Waals surface area (Å²) in [7, 11) is 1.12. The molecule has 0 radical (unpaired) electrons. The van der Waals surface area contributed by atoms with E-state index >= 15 is 0 Å². The van der Waals surface area contributed by atoms with Crippen molar-refractivity contribution in [3.8, 4) is 0 Å². The van der Waals surface area contributed by atoms with Gasteiger partial charge in [-0.15, -0.1) is 0 Å². The summed E-state index contributed by atoms with van der Waals surface area (Å²) >= 11 is 0. The van der Waals surface area contributed by atoms with Crippen LogP contribution in [0.3, 0.4) is 0 Å². The van der Waals surface area contributed by atoms with E-state index < -0.39 is 24.4 Å². The number of carbonyl (C=O) groups excluding carboxylic acids is 1. The van der Waals surface area contributed by atoms with Crippen molar-refractivity contribution in [3.63, 3.8) is 0 Å². The van der Waals surface area contributed by atoms with E-state index in [0.717, 1.165) is 12.7 Å². The van der Waals surface area contributed by atoms with Crippen molar-refractivity contribution >= 4 is 5.97 Å². The first kappa shape index (κ1) is 13.6. The summed E-state index contributed by atoms with van der Waals surface area (Å²) in [4.78, 5) is 11.0. The number of benzene rings is 1. The van der Waals surface area contributed by atoms with Crippen molar-refractivity contribution in [1.82, 2.24) is 0 Å². The van der Waals surface area contributed by atoms with Gasteiger partial charge < -0.3 is 10.5 Å². The SMILES string of the molecule is COC(=O)C(N)CC(F)(F)c1ccc(C)cc1. The van der Waals surface area contributed by atoms with Gasteiger partial charge in [0.1, 0.15) is 6.04 Å². The minimum Gasteiger partial charge on any atom is -0.468 e. The van der Waals surface area contributed by atoms with E-state index in [1.54, 1.807) is 12.1 Å². The van der Waals surface area contributed by atoms with Crippen LogP contribution in [0.2, 0.25) is 0 Å². The molecule has 0 spiro atoms. The summed E-state index contributed by atoms with van der Waals surface area (Å²) < 4.78 is 31.8. The zero-order chi connectivity index (χ0) is 13.1. The van der Waals surface area contributed by atoms with Gasteiger partial charge in [0.15, 0.2) is 0 Å². The van der Waals surface area contributed by atoms with E-state index in [9.17, 15) is 13.6 Å². The van der Waals surface area contributed by atoms with Crippen molar-refractivity contribution in [3.05, 3.63) is 35.4 Å². The Hall–Kier alpha value is -1.49. The van der Waals surface area contributed by atoms with Crippen LogP contribution in [0.4, 0.5) is 8.78 Å². The van der Waals surface area contributed by atoms with E-state index in [1.165, 1.54) is 12.1 Å². The second-order valence-corrected chi connectivity index (χ2v) is 3.90. The topological polar surface area (TPSA) is 52.3 Å². The second-order valence-electron chi connectivity index (χ2n) is 3.90. The van der Waals surface area contributed by atoms with Crippen molar-refractivity contribution in [1.29, 1.82) is 0 Å². The van der Waals surface area contributed by atoms with E-state index in [4.69, 9.17) is 5.73 Å². The Morgan fingerprint density at radius 3 is 2.41 bits per heavy atom. The van der Waals surface area contributed by atoms with Gasteiger partial charge in [0.05, 0.1) is 7.11 Å². The third-order valence-corrected chi connectivity index (χ3v) is 2.45. The van der Waals surface area contributed by atoms with Crippen molar-refractivity contribution in [2.45, 2.75) is 25.3 Å². The smallest absolute Gasteiger partial charge is 0.322 e. The van der Waals surface area contributed by atoms with Gasteiger partial charge in [-0.1, -0.05) is 29.8 Å². The molecule has 94 valence electrons. The first-order chi connectivity index (χ1) is 7.86. The van der Waals surface area contributed by atoms with Gasteiger partial charge in [0.25, 0.3) is 5.92 Å². The third-order valence-electron chi connectivity index (χ3n) is 2.45. The number of esters is 1. The molecule has 0 fully saturated rings. The largest absolute Gasteiger partial charge is 0.468 e. The molecule has 0 saturated carbocycles. The van der Waals surface area contributed by atoms with Crippen molar-refractivity contribution in [2.24, 2.45) is 5.73 Å². The van der Waals surface area contributed by atoms with Gasteiger partial charge in [-0.2, -0.15) is 0 Å². The van der Waals surface area contributed by atoms with Gasteiger partial charge in [0, 0.05) is 12.0 Å². The lowest BCUT2D eigenvalue weighted by atomic mass is 10.0. The maximum absolute atomic E-state index is 13.7. The Labute approximate surface area is 98.6 Å². The van der Waals surface area contributed by atoms with E-state index in [-0.39, 0.29) is 5.56 Å². The number of carbonyl (C=O) groups is 1. The van der Waals surface area contributed by atoms with E-state index in [2.05, 4.69) is 4.74 Å². The molecule has 1 atom stereocenters. The minimum atomic E-state index is -3.14. The molecule has 17 heavy (non-hydrogen) atoms. The number of rotatable bonds is 4. The first-order valence-corrected chi connectivity index (χ1v) is 5.15. The van der Waals surface area contributed by atoms with Crippen LogP contribution in [-0.2, 0) is 15.5 Å². The van der Waals surface area contributed by atoms with Crippen molar-refractivity contribution in [2.75, 3.05) is 7.11 Å². The van der Waals surface area contributed by atoms with Gasteiger partial charge in [-0.25, -0.2) is 8.78 Å². The monoisotopic (exact) mass is 243 g/mol. The molecule has 0 aliphatic rings. The number of halogens is 2. The lowest BCUT2D eigenvalue weighted by Crippen LogP contribution is -2.36. The van der Waals surface area contributed by atoms with Crippen LogP contribution in [0.5, 0.6) is 0 Å². The number of alkyl halides is 2. The Morgan fingerprint density at radius 1 is 1.41 bits per heavy atom. The zero-order valence-corrected chi connectivity index (χ0v) is 9.74. The molecule has 0 saturated heterocycles. The number of aryl methyl sites for hydroxylation is 1. The van der Waals surface area contributed by atoms with E-state index in [0.29, 0.717) is 0 Å². The Bertz CT molecular complexity index is 390. The van der Waals surface area contributed by atoms with Crippen LogP contribution in [0.25, 0.3) is 0 Å². The fourth-order valence-corrected chi connectivity index (χ4v) is 1.43. The van der Waals surface area contributed by atoms with Crippen molar-refractivity contribution < 1.29 is 18.3 Å². The Balaban J connectivity index is 2.81. The molecule has 1 aromatic carbocycles. The van der Waals surface area contributed by atoms with Gasteiger partial charge in [0.2, 0.25) is 0 Å². The fraction of sp³-hybridized carbons (Fsp3) is 0.417. The van der Waals surface area contributed by atoms with Crippen LogP contribution in [0, 0.1) is 6.92 Å². The Kier molecular flexibility index (Phi) is 4.17. The summed E-state index contributed by atoms with van der Waals surface area (Å²) in [6, 6.07) is 4.52. The molecular formula is C12H15F2NO2. The predicted octanol–water partition coefficient (Wildman–Crippen LogP) is 1.98. The molecule has 0 aliphatic heterocycles. The standard InChI is InChI=1S/C12H15F2NO2/c1-8-3-5-9(6-4-8)12(13,14)7-10(15)11(16)17-2/h3-6,10H,7,15H2,1-2H3. The molecule has 3 nitrogen and oxygen atoms in total. The third kappa shape index (κ3) is 3.49. The number of hydrogen-bond donors (Lipinski definition) is 1. The molecule has 0 amide bonds. The summed E-state index contributed by atoms with van der Waals surface area (Å²) in [5.74, 6) is -3.97. The highest BCUT2D eigenvalue weighted by Crippen LogP contribution is 2.32. The molecule has 1 aromatic rings. The van der Waals surface area contributed by atoms with Crippen LogP contribution < -0.4 is 5.73 Å². The highest BCUT2D eigenvalue weighted by molar-refractivity contribution is 5.75. The average Bonchev–Trinajstić information content (AvgIpc) is 2.27. The van der Waals surface area contributed by atoms with Crippen LogP contribution in [0.15, 0.2) is 24.3 Å². The lowest BCUT2D eigenvalue weighted by Gasteiger charge is -2.19. The lowest BCUT2D eigenvalue weighted by molar-refractivity contribution is -0.145. The highest BCUT2D eigenvalue weighted by atomic mass is 19.3. The number of methoxy groups -OCH3 is 1.